The van der Waals surface area contributed by atoms with Gasteiger partial charge < -0.3 is 0 Å². The quantitative estimate of drug-likeness (QED) is 0.578. The second-order valence-electron chi connectivity index (χ2n) is 4.49. The molecule has 0 saturated carbocycles. The summed E-state index contributed by atoms with van der Waals surface area (Å²) >= 11 is 14.8. The number of nitrogens with one attached hydrogen (secondary N) is 1. The monoisotopic (exact) mass is 380 g/mol. The summed E-state index contributed by atoms with van der Waals surface area (Å²) in [6, 6.07) is 11.1. The zero-order chi connectivity index (χ0) is 16.2. The van der Waals surface area contributed by atoms with Gasteiger partial charge in [0.05, 0.1) is 14.9 Å². The third kappa shape index (κ3) is 4.20. The zero-order valence-corrected chi connectivity index (χ0v) is 14.8. The summed E-state index contributed by atoms with van der Waals surface area (Å²) in [6.45, 7) is 0. The maximum atomic E-state index is 12.0. The van der Waals surface area contributed by atoms with Gasteiger partial charge in [-0.1, -0.05) is 41.4 Å². The molecule has 3 rings (SSSR count). The van der Waals surface area contributed by atoms with E-state index in [0.29, 0.717) is 14.5 Å². The van der Waals surface area contributed by atoms with Gasteiger partial charge in [0, 0.05) is 16.5 Å². The lowest BCUT2D eigenvalue weighted by molar-refractivity contribution is -0.111. The van der Waals surface area contributed by atoms with Crippen LogP contribution in [-0.4, -0.2) is 10.9 Å². The van der Waals surface area contributed by atoms with E-state index in [-0.39, 0.29) is 5.91 Å². The largest absolute Gasteiger partial charge is 0.298 e. The smallest absolute Gasteiger partial charge is 0.250 e. The van der Waals surface area contributed by atoms with Crippen LogP contribution in [0, 0.1) is 0 Å². The van der Waals surface area contributed by atoms with Gasteiger partial charge in [0.2, 0.25) is 5.91 Å². The van der Waals surface area contributed by atoms with Crippen LogP contribution in [0.5, 0.6) is 0 Å². The van der Waals surface area contributed by atoms with Crippen molar-refractivity contribution in [1.82, 2.24) is 4.98 Å². The molecular weight excluding hydrogens is 371 g/mol. The highest BCUT2D eigenvalue weighted by atomic mass is 35.5. The fourth-order valence-electron chi connectivity index (χ4n) is 1.82. The Bertz CT molecular complexity index is 870. The van der Waals surface area contributed by atoms with Gasteiger partial charge in [-0.15, -0.1) is 22.7 Å². The minimum Gasteiger partial charge on any atom is -0.298 e. The summed E-state index contributed by atoms with van der Waals surface area (Å²) in [5, 5.41) is 5.76. The Morgan fingerprint density at radius 2 is 2.00 bits per heavy atom. The number of carbonyl (C=O) groups is 1. The van der Waals surface area contributed by atoms with Gasteiger partial charge in [-0.25, -0.2) is 4.98 Å². The van der Waals surface area contributed by atoms with E-state index in [2.05, 4.69) is 10.3 Å². The highest BCUT2D eigenvalue weighted by Gasteiger charge is 2.08. The van der Waals surface area contributed by atoms with E-state index in [9.17, 15) is 4.79 Å². The van der Waals surface area contributed by atoms with Crippen LogP contribution in [0.2, 0.25) is 9.36 Å². The van der Waals surface area contributed by atoms with Crippen LogP contribution in [0.25, 0.3) is 16.6 Å². The van der Waals surface area contributed by atoms with Crippen LogP contribution in [0.3, 0.4) is 0 Å². The molecule has 0 unspecified atom stereocenters. The van der Waals surface area contributed by atoms with E-state index in [1.54, 1.807) is 12.1 Å². The van der Waals surface area contributed by atoms with Gasteiger partial charge >= 0.3 is 0 Å². The van der Waals surface area contributed by atoms with E-state index in [1.165, 1.54) is 28.7 Å². The second kappa shape index (κ2) is 7.27. The first-order valence-corrected chi connectivity index (χ1v) is 9.02. The summed E-state index contributed by atoms with van der Waals surface area (Å²) in [5.74, 6) is -0.255. The fraction of sp³-hybridized carbons (Fsp3) is 0. The van der Waals surface area contributed by atoms with Crippen LogP contribution in [0.15, 0.2) is 47.9 Å². The molecule has 1 amide bonds. The Kier molecular flexibility index (Phi) is 5.13. The number of halogens is 2. The van der Waals surface area contributed by atoms with E-state index in [0.717, 1.165) is 16.1 Å². The molecule has 0 radical (unpaired) electrons. The molecule has 0 aliphatic heterocycles. The Balaban J connectivity index is 1.67. The maximum Gasteiger partial charge on any atom is 0.250 e. The van der Waals surface area contributed by atoms with Crippen molar-refractivity contribution in [3.63, 3.8) is 0 Å². The molecule has 3 nitrogen and oxygen atoms in total. The molecule has 0 fully saturated rings. The number of thiazole rings is 1. The van der Waals surface area contributed by atoms with E-state index in [1.807, 2.05) is 35.7 Å². The molecule has 0 spiro atoms. The number of nitrogens with zero attached hydrogens (tertiary/aromatic N) is 1. The lowest BCUT2D eigenvalue weighted by Gasteiger charge is -1.98. The number of amides is 1. The molecule has 2 heterocycles. The minimum atomic E-state index is -0.255. The van der Waals surface area contributed by atoms with Crippen molar-refractivity contribution in [2.45, 2.75) is 0 Å². The molecule has 3 aromatic rings. The number of thiophene rings is 1. The Morgan fingerprint density at radius 3 is 2.74 bits per heavy atom. The van der Waals surface area contributed by atoms with Crippen molar-refractivity contribution in [2.75, 3.05) is 5.32 Å². The number of anilines is 1. The normalized spacial score (nSPS) is 11.0. The molecule has 0 atom stereocenters. The lowest BCUT2D eigenvalue weighted by atomic mass is 10.2. The molecule has 116 valence electrons. The predicted octanol–water partition coefficient (Wildman–Crippen LogP) is 5.83. The van der Waals surface area contributed by atoms with Crippen molar-refractivity contribution in [1.29, 1.82) is 0 Å². The lowest BCUT2D eigenvalue weighted by Crippen LogP contribution is -2.07. The number of benzene rings is 1. The van der Waals surface area contributed by atoms with Gasteiger partial charge in [-0.2, -0.15) is 0 Å². The van der Waals surface area contributed by atoms with E-state index in [4.69, 9.17) is 23.2 Å². The molecular formula is C16H10Cl2N2OS2. The standard InChI is InChI=1S/C16H10Cl2N2OS2/c17-11-4-2-1-3-10(11)5-8-15(21)20-16-19-12(9-22-16)13-6-7-14(18)23-13/h1-9H,(H,19,20,21). The van der Waals surface area contributed by atoms with Crippen molar-refractivity contribution < 1.29 is 4.79 Å². The van der Waals surface area contributed by atoms with Crippen molar-refractivity contribution in [3.8, 4) is 10.6 Å². The maximum absolute atomic E-state index is 12.0. The summed E-state index contributed by atoms with van der Waals surface area (Å²) in [6.07, 6.45) is 3.11. The first-order valence-electron chi connectivity index (χ1n) is 6.56. The fourth-order valence-corrected chi connectivity index (χ4v) is 3.81. The van der Waals surface area contributed by atoms with Crippen LogP contribution in [-0.2, 0) is 4.79 Å². The number of aromatic nitrogens is 1. The zero-order valence-electron chi connectivity index (χ0n) is 11.6. The van der Waals surface area contributed by atoms with Crippen molar-refractivity contribution in [3.05, 3.63) is 62.8 Å². The van der Waals surface area contributed by atoms with Crippen molar-refractivity contribution >= 4 is 63.0 Å². The molecule has 0 aliphatic rings. The van der Waals surface area contributed by atoms with E-state index < -0.39 is 0 Å². The van der Waals surface area contributed by atoms with Gasteiger partial charge in [-0.05, 0) is 29.8 Å². The van der Waals surface area contributed by atoms with Crippen LogP contribution in [0.4, 0.5) is 5.13 Å². The first-order chi connectivity index (χ1) is 11.1. The van der Waals surface area contributed by atoms with Crippen LogP contribution in [0.1, 0.15) is 5.56 Å². The molecule has 1 N–H and O–H groups in total. The number of hydrogen-bond acceptors (Lipinski definition) is 4. The SMILES string of the molecule is O=C(C=Cc1ccccc1Cl)Nc1nc(-c2ccc(Cl)s2)cs1. The highest BCUT2D eigenvalue weighted by molar-refractivity contribution is 7.20. The Labute approximate surface area is 151 Å². The highest BCUT2D eigenvalue weighted by Crippen LogP contribution is 2.32. The number of hydrogen-bond donors (Lipinski definition) is 1. The summed E-state index contributed by atoms with van der Waals surface area (Å²) in [4.78, 5) is 17.3. The minimum absolute atomic E-state index is 0.255. The Morgan fingerprint density at radius 1 is 1.17 bits per heavy atom. The van der Waals surface area contributed by atoms with Crippen LogP contribution >= 0.6 is 45.9 Å². The van der Waals surface area contributed by atoms with Gasteiger partial charge in [0.25, 0.3) is 0 Å². The van der Waals surface area contributed by atoms with Gasteiger partial charge in [-0.3, -0.25) is 10.1 Å². The third-order valence-corrected chi connectivity index (χ3v) is 5.24. The number of rotatable bonds is 4. The Hall–Kier alpha value is -1.66. The molecule has 0 saturated heterocycles. The molecule has 1 aromatic carbocycles. The molecule has 0 aliphatic carbocycles. The summed E-state index contributed by atoms with van der Waals surface area (Å²) in [7, 11) is 0. The van der Waals surface area contributed by atoms with E-state index >= 15 is 0 Å². The third-order valence-electron chi connectivity index (χ3n) is 2.88. The summed E-state index contributed by atoms with van der Waals surface area (Å²) < 4.78 is 0.709. The van der Waals surface area contributed by atoms with Gasteiger partial charge in [0.15, 0.2) is 5.13 Å². The second-order valence-corrected chi connectivity index (χ2v) is 7.47. The van der Waals surface area contributed by atoms with Crippen LogP contribution < -0.4 is 5.32 Å². The summed E-state index contributed by atoms with van der Waals surface area (Å²) in [5.41, 5.74) is 1.59. The molecule has 7 heteroatoms. The molecule has 2 aromatic heterocycles. The number of carbonyl (C=O) groups excluding carboxylic acids is 1. The average Bonchev–Trinajstić information content (AvgIpc) is 3.15. The first kappa shape index (κ1) is 16.2. The van der Waals surface area contributed by atoms with Gasteiger partial charge in [0.1, 0.15) is 0 Å². The topological polar surface area (TPSA) is 42.0 Å². The molecule has 0 bridgehead atoms. The molecule has 23 heavy (non-hydrogen) atoms. The van der Waals surface area contributed by atoms with Crippen molar-refractivity contribution in [2.24, 2.45) is 0 Å². The average molecular weight is 381 g/mol. The predicted molar refractivity (Wildman–Crippen MR) is 99.6 cm³/mol.